The molecule has 2 aliphatic heterocycles. The molecule has 1 atom stereocenters. The van der Waals surface area contributed by atoms with Crippen molar-refractivity contribution in [2.45, 2.75) is 25.5 Å². The Hall–Kier alpha value is -3.72. The molecule has 2 aliphatic rings. The number of rotatable bonds is 5. The molecule has 1 aromatic heterocycles. The van der Waals surface area contributed by atoms with Gasteiger partial charge >= 0.3 is 0 Å². The number of hydrogen-bond acceptors (Lipinski definition) is 6. The van der Waals surface area contributed by atoms with Crippen molar-refractivity contribution in [1.29, 1.82) is 0 Å². The Balaban J connectivity index is 1.49. The number of ether oxygens (including phenoxy) is 1. The van der Waals surface area contributed by atoms with Crippen molar-refractivity contribution in [1.82, 2.24) is 14.5 Å². The van der Waals surface area contributed by atoms with E-state index < -0.39 is 24.0 Å². The number of aliphatic hydroxyl groups excluding tert-OH is 1. The maximum absolute atomic E-state index is 13.9. The standard InChI is InChI=1S/C25H24F2N4O3/c1-16-13-30(15-28-16)22-6-5-17(9-23(22)33-2)8-18-4-3-7-31-24(18)29-34-25(31,14-32)19-10-20(26)12-21(27)11-19/h5-6,8-13,15,32H,3-4,7,14H2,1-2H3/b18-8+. The second-order valence-electron chi connectivity index (χ2n) is 8.39. The number of fused-ring (bicyclic) bond motifs is 1. The molecule has 5 rings (SSSR count). The number of benzene rings is 2. The van der Waals surface area contributed by atoms with Gasteiger partial charge in [0.05, 0.1) is 24.8 Å². The van der Waals surface area contributed by atoms with Gasteiger partial charge in [-0.05, 0) is 61.2 Å². The number of aryl methyl sites for hydroxylation is 1. The van der Waals surface area contributed by atoms with E-state index in [-0.39, 0.29) is 5.56 Å². The van der Waals surface area contributed by atoms with Gasteiger partial charge < -0.3 is 24.1 Å². The van der Waals surface area contributed by atoms with Crippen molar-refractivity contribution >= 4 is 11.9 Å². The minimum Gasteiger partial charge on any atom is -0.495 e. The summed E-state index contributed by atoms with van der Waals surface area (Å²) in [6.07, 6.45) is 7.14. The van der Waals surface area contributed by atoms with E-state index in [4.69, 9.17) is 9.57 Å². The summed E-state index contributed by atoms with van der Waals surface area (Å²) in [5.41, 5.74) is 2.26. The Morgan fingerprint density at radius 3 is 2.68 bits per heavy atom. The maximum Gasteiger partial charge on any atom is 0.260 e. The van der Waals surface area contributed by atoms with E-state index in [2.05, 4.69) is 10.1 Å². The Morgan fingerprint density at radius 1 is 1.21 bits per heavy atom. The van der Waals surface area contributed by atoms with Crippen molar-refractivity contribution in [3.63, 3.8) is 0 Å². The monoisotopic (exact) mass is 466 g/mol. The molecule has 9 heteroatoms. The molecule has 1 unspecified atom stereocenters. The lowest BCUT2D eigenvalue weighted by molar-refractivity contribution is -0.137. The number of nitrogens with zero attached hydrogens (tertiary/aromatic N) is 4. The number of oxime groups is 1. The van der Waals surface area contributed by atoms with Crippen LogP contribution in [-0.4, -0.2) is 45.7 Å². The highest BCUT2D eigenvalue weighted by Crippen LogP contribution is 2.40. The van der Waals surface area contributed by atoms with Gasteiger partial charge in [0.2, 0.25) is 0 Å². The lowest BCUT2D eigenvalue weighted by Crippen LogP contribution is -2.51. The number of hydrogen-bond donors (Lipinski definition) is 1. The molecule has 7 nitrogen and oxygen atoms in total. The van der Waals surface area contributed by atoms with Gasteiger partial charge in [0.25, 0.3) is 5.72 Å². The van der Waals surface area contributed by atoms with Crippen LogP contribution in [0.4, 0.5) is 8.78 Å². The summed E-state index contributed by atoms with van der Waals surface area (Å²) < 4.78 is 35.4. The number of aliphatic hydroxyl groups is 1. The first-order chi connectivity index (χ1) is 16.4. The maximum atomic E-state index is 13.9. The van der Waals surface area contributed by atoms with Gasteiger partial charge in [0, 0.05) is 24.4 Å². The zero-order valence-electron chi connectivity index (χ0n) is 18.8. The fourth-order valence-electron chi connectivity index (χ4n) is 4.53. The number of piperidine rings is 1. The molecule has 1 saturated heterocycles. The molecule has 0 amide bonds. The Labute approximate surface area is 195 Å². The van der Waals surface area contributed by atoms with Crippen LogP contribution in [0.2, 0.25) is 0 Å². The van der Waals surface area contributed by atoms with Gasteiger partial charge in [-0.1, -0.05) is 11.2 Å². The van der Waals surface area contributed by atoms with Gasteiger partial charge in [-0.2, -0.15) is 0 Å². The minimum absolute atomic E-state index is 0.175. The van der Waals surface area contributed by atoms with Gasteiger partial charge in [0.15, 0.2) is 5.84 Å². The average molecular weight is 466 g/mol. The molecule has 0 saturated carbocycles. The summed E-state index contributed by atoms with van der Waals surface area (Å²) in [6, 6.07) is 8.96. The molecule has 3 aromatic rings. The van der Waals surface area contributed by atoms with Gasteiger partial charge in [-0.3, -0.25) is 0 Å². The van der Waals surface area contributed by atoms with Crippen LogP contribution in [0.3, 0.4) is 0 Å². The molecule has 0 radical (unpaired) electrons. The number of aromatic nitrogens is 2. The van der Waals surface area contributed by atoms with Crippen molar-refractivity contribution < 1.29 is 23.5 Å². The van der Waals surface area contributed by atoms with E-state index in [1.807, 2.05) is 42.0 Å². The first-order valence-electron chi connectivity index (χ1n) is 10.9. The molecular weight excluding hydrogens is 442 g/mol. The molecule has 3 heterocycles. The molecule has 176 valence electrons. The minimum atomic E-state index is -1.47. The van der Waals surface area contributed by atoms with E-state index >= 15 is 0 Å². The van der Waals surface area contributed by atoms with Crippen LogP contribution >= 0.6 is 0 Å². The fraction of sp³-hybridized carbons (Fsp3) is 0.280. The Morgan fingerprint density at radius 2 is 2.00 bits per heavy atom. The highest BCUT2D eigenvalue weighted by atomic mass is 19.1. The Bertz CT molecular complexity index is 1280. The number of imidazole rings is 1. The molecule has 0 bridgehead atoms. The largest absolute Gasteiger partial charge is 0.495 e. The van der Waals surface area contributed by atoms with E-state index in [0.717, 1.165) is 53.6 Å². The fourth-order valence-corrected chi connectivity index (χ4v) is 4.53. The quantitative estimate of drug-likeness (QED) is 0.612. The third-order valence-corrected chi connectivity index (χ3v) is 6.15. The normalized spacial score (nSPS) is 20.8. The highest BCUT2D eigenvalue weighted by molar-refractivity contribution is 6.03. The average Bonchev–Trinajstić information content (AvgIpc) is 3.43. The van der Waals surface area contributed by atoms with Gasteiger partial charge in [-0.15, -0.1) is 0 Å². The van der Waals surface area contributed by atoms with Crippen molar-refractivity contribution in [3.05, 3.63) is 83.0 Å². The summed E-state index contributed by atoms with van der Waals surface area (Å²) in [7, 11) is 1.62. The molecule has 2 aromatic carbocycles. The molecular formula is C25H24F2N4O3. The van der Waals surface area contributed by atoms with Crippen LogP contribution in [0.15, 0.2) is 59.7 Å². The van der Waals surface area contributed by atoms with Crippen molar-refractivity contribution in [2.24, 2.45) is 5.16 Å². The zero-order valence-corrected chi connectivity index (χ0v) is 18.8. The topological polar surface area (TPSA) is 72.1 Å². The van der Waals surface area contributed by atoms with Crippen LogP contribution < -0.4 is 4.74 Å². The summed E-state index contributed by atoms with van der Waals surface area (Å²) in [5, 5.41) is 14.5. The third kappa shape index (κ3) is 3.71. The van der Waals surface area contributed by atoms with E-state index in [1.165, 1.54) is 0 Å². The summed E-state index contributed by atoms with van der Waals surface area (Å²) in [5.74, 6) is -0.261. The van der Waals surface area contributed by atoms with E-state index in [9.17, 15) is 13.9 Å². The molecule has 1 N–H and O–H groups in total. The zero-order chi connectivity index (χ0) is 23.9. The van der Waals surface area contributed by atoms with Crippen LogP contribution in [0.25, 0.3) is 11.8 Å². The predicted octanol–water partition coefficient (Wildman–Crippen LogP) is 4.14. The van der Waals surface area contributed by atoms with Crippen LogP contribution in [0, 0.1) is 18.6 Å². The SMILES string of the molecule is COc1cc(/C=C2\CCCN3C2=NOC3(CO)c2cc(F)cc(F)c2)ccc1-n1cnc(C)c1. The lowest BCUT2D eigenvalue weighted by Gasteiger charge is -2.38. The highest BCUT2D eigenvalue weighted by Gasteiger charge is 2.49. The van der Waals surface area contributed by atoms with Gasteiger partial charge in [-0.25, -0.2) is 13.8 Å². The first kappa shape index (κ1) is 22.1. The number of amidine groups is 1. The van der Waals surface area contributed by atoms with Gasteiger partial charge in [0.1, 0.15) is 24.0 Å². The van der Waals surface area contributed by atoms with Crippen molar-refractivity contribution in [2.75, 3.05) is 20.3 Å². The Kier molecular flexibility index (Phi) is 5.57. The first-order valence-corrected chi connectivity index (χ1v) is 10.9. The second kappa shape index (κ2) is 8.57. The molecule has 0 spiro atoms. The summed E-state index contributed by atoms with van der Waals surface area (Å²) in [4.78, 5) is 11.7. The van der Waals surface area contributed by atoms with E-state index in [0.29, 0.717) is 18.1 Å². The van der Waals surface area contributed by atoms with Crippen molar-refractivity contribution in [3.8, 4) is 11.4 Å². The molecule has 34 heavy (non-hydrogen) atoms. The van der Waals surface area contributed by atoms with Crippen LogP contribution in [0.1, 0.15) is 29.7 Å². The molecule has 0 aliphatic carbocycles. The van der Waals surface area contributed by atoms with Crippen LogP contribution in [0.5, 0.6) is 5.75 Å². The summed E-state index contributed by atoms with van der Waals surface area (Å²) in [6.45, 7) is 1.94. The lowest BCUT2D eigenvalue weighted by atomic mass is 9.94. The number of halogens is 2. The predicted molar refractivity (Wildman–Crippen MR) is 122 cm³/mol. The van der Waals surface area contributed by atoms with Crippen LogP contribution in [-0.2, 0) is 10.6 Å². The third-order valence-electron chi connectivity index (χ3n) is 6.15. The number of methoxy groups -OCH3 is 1. The molecule has 1 fully saturated rings. The smallest absolute Gasteiger partial charge is 0.260 e. The van der Waals surface area contributed by atoms with E-state index in [1.54, 1.807) is 18.3 Å². The summed E-state index contributed by atoms with van der Waals surface area (Å²) >= 11 is 0. The second-order valence-corrected chi connectivity index (χ2v) is 8.39.